The highest BCUT2D eigenvalue weighted by molar-refractivity contribution is 5.90. The van der Waals surface area contributed by atoms with Gasteiger partial charge in [-0.2, -0.15) is 0 Å². The summed E-state index contributed by atoms with van der Waals surface area (Å²) in [5, 5.41) is 18.0. The maximum absolute atomic E-state index is 13.3. The number of likely N-dealkylation sites (N-methyl/N-ethyl adjacent to an activating group) is 1. The van der Waals surface area contributed by atoms with Crippen LogP contribution >= 0.6 is 0 Å². The third-order valence-corrected chi connectivity index (χ3v) is 6.37. The van der Waals surface area contributed by atoms with Crippen molar-refractivity contribution >= 4 is 17.7 Å². The first-order valence-electron chi connectivity index (χ1n) is 11.4. The number of carbonyl (C=O) groups is 2. The molecule has 2 aromatic carbocycles. The van der Waals surface area contributed by atoms with Crippen LogP contribution in [0.1, 0.15) is 24.0 Å². The quantitative estimate of drug-likeness (QED) is 0.393. The van der Waals surface area contributed by atoms with E-state index in [9.17, 15) is 14.7 Å². The molecule has 2 N–H and O–H groups in total. The number of nitrogens with zero attached hydrogens (tertiary/aromatic N) is 2. The molecule has 2 heterocycles. The maximum Gasteiger partial charge on any atom is 0.347 e. The van der Waals surface area contributed by atoms with Gasteiger partial charge in [-0.05, 0) is 24.0 Å². The number of likely N-dealkylation sites (tertiary alicyclic amines) is 1. The lowest BCUT2D eigenvalue weighted by atomic mass is 9.86. The summed E-state index contributed by atoms with van der Waals surface area (Å²) in [5.41, 5.74) is -0.979. The molecule has 1 fully saturated rings. The van der Waals surface area contributed by atoms with Gasteiger partial charge in [-0.15, -0.1) is 0 Å². The summed E-state index contributed by atoms with van der Waals surface area (Å²) in [7, 11) is 2.03. The molecule has 2 atom stereocenters. The fraction of sp³-hybridized carbons (Fsp3) is 0.346. The Kier molecular flexibility index (Phi) is 7.09. The Bertz CT molecular complexity index is 1050. The van der Waals surface area contributed by atoms with Crippen LogP contribution in [0.2, 0.25) is 0 Å². The number of ether oxygens (including phenoxy) is 1. The molecule has 0 aliphatic carbocycles. The number of esters is 1. The number of aliphatic hydroxyl groups is 1. The van der Waals surface area contributed by atoms with Crippen LogP contribution in [0.5, 0.6) is 0 Å². The predicted molar refractivity (Wildman–Crippen MR) is 125 cm³/mol. The number of piperidine rings is 1. The Morgan fingerprint density at radius 1 is 1.12 bits per heavy atom. The highest BCUT2D eigenvalue weighted by Gasteiger charge is 2.42. The summed E-state index contributed by atoms with van der Waals surface area (Å²) in [4.78, 5) is 25.7. The van der Waals surface area contributed by atoms with E-state index < -0.39 is 11.6 Å². The standard InChI is InChI=1S/C26H29N3O5/c1-29(18-24(30)27-23-14-16-34-28-23)15-8-9-20(17-29)19-33-25(31)26(32,21-10-4-2-5-11-21)22-12-6-3-7-13-22/h2-7,10-14,16,20,32H,8-9,15,17-19H2,1H3/p+1. The van der Waals surface area contributed by atoms with Crippen molar-refractivity contribution in [3.8, 4) is 0 Å². The minimum Gasteiger partial charge on any atom is -0.462 e. The van der Waals surface area contributed by atoms with E-state index in [1.807, 2.05) is 19.2 Å². The Balaban J connectivity index is 1.41. The minimum atomic E-state index is -1.90. The second-order valence-corrected chi connectivity index (χ2v) is 9.17. The van der Waals surface area contributed by atoms with Crippen molar-refractivity contribution in [3.63, 3.8) is 0 Å². The molecule has 8 heteroatoms. The molecule has 1 aromatic heterocycles. The van der Waals surface area contributed by atoms with Crippen molar-refractivity contribution in [1.29, 1.82) is 0 Å². The molecule has 1 amide bonds. The van der Waals surface area contributed by atoms with Gasteiger partial charge in [-0.3, -0.25) is 4.79 Å². The van der Waals surface area contributed by atoms with Crippen molar-refractivity contribution < 1.29 is 28.4 Å². The van der Waals surface area contributed by atoms with Gasteiger partial charge >= 0.3 is 5.97 Å². The SMILES string of the molecule is C[N+]1(CC(=O)Nc2ccon2)CCCC(COC(=O)C(O)(c2ccccc2)c2ccccc2)C1. The monoisotopic (exact) mass is 464 g/mol. The summed E-state index contributed by atoms with van der Waals surface area (Å²) in [6.45, 7) is 2.01. The van der Waals surface area contributed by atoms with Crippen LogP contribution in [-0.2, 0) is 19.9 Å². The molecule has 8 nitrogen and oxygen atoms in total. The Hall–Kier alpha value is -3.49. The fourth-order valence-electron chi connectivity index (χ4n) is 4.71. The van der Waals surface area contributed by atoms with E-state index in [1.54, 1.807) is 54.6 Å². The van der Waals surface area contributed by atoms with Crippen molar-refractivity contribution in [2.75, 3.05) is 38.6 Å². The lowest BCUT2D eigenvalue weighted by Gasteiger charge is -2.40. The van der Waals surface area contributed by atoms with Gasteiger partial charge in [0, 0.05) is 12.0 Å². The van der Waals surface area contributed by atoms with Crippen molar-refractivity contribution in [2.24, 2.45) is 5.92 Å². The minimum absolute atomic E-state index is 0.0818. The zero-order chi connectivity index (χ0) is 24.0. The number of amides is 1. The smallest absolute Gasteiger partial charge is 0.347 e. The molecule has 0 bridgehead atoms. The zero-order valence-electron chi connectivity index (χ0n) is 19.2. The molecule has 0 saturated carbocycles. The fourth-order valence-corrected chi connectivity index (χ4v) is 4.71. The summed E-state index contributed by atoms with van der Waals surface area (Å²) in [6.07, 6.45) is 3.21. The Morgan fingerprint density at radius 2 is 1.76 bits per heavy atom. The topological polar surface area (TPSA) is 102 Å². The normalized spacial score (nSPS) is 20.5. The van der Waals surface area contributed by atoms with Gasteiger partial charge in [0.15, 0.2) is 12.4 Å². The molecule has 178 valence electrons. The van der Waals surface area contributed by atoms with E-state index in [-0.39, 0.29) is 25.0 Å². The average molecular weight is 465 g/mol. The molecule has 2 unspecified atom stereocenters. The van der Waals surface area contributed by atoms with E-state index in [0.717, 1.165) is 19.4 Å². The number of nitrogens with one attached hydrogen (secondary N) is 1. The first-order valence-corrected chi connectivity index (χ1v) is 11.4. The average Bonchev–Trinajstić information content (AvgIpc) is 3.35. The van der Waals surface area contributed by atoms with E-state index in [1.165, 1.54) is 6.26 Å². The van der Waals surface area contributed by atoms with Gasteiger partial charge in [-0.25, -0.2) is 4.79 Å². The third kappa shape index (κ3) is 5.35. The van der Waals surface area contributed by atoms with E-state index in [0.29, 0.717) is 28.0 Å². The van der Waals surface area contributed by atoms with Gasteiger partial charge < -0.3 is 24.2 Å². The molecule has 4 rings (SSSR count). The van der Waals surface area contributed by atoms with Crippen molar-refractivity contribution in [1.82, 2.24) is 5.16 Å². The number of carbonyl (C=O) groups excluding carboxylic acids is 2. The molecular formula is C26H30N3O5+. The van der Waals surface area contributed by atoms with Crippen LogP contribution in [0.4, 0.5) is 5.82 Å². The highest BCUT2D eigenvalue weighted by atomic mass is 16.5. The van der Waals surface area contributed by atoms with E-state index >= 15 is 0 Å². The first kappa shape index (κ1) is 23.7. The van der Waals surface area contributed by atoms with Crippen LogP contribution < -0.4 is 5.32 Å². The second-order valence-electron chi connectivity index (χ2n) is 9.17. The molecular weight excluding hydrogens is 434 g/mol. The van der Waals surface area contributed by atoms with Gasteiger partial charge in [-0.1, -0.05) is 65.8 Å². The van der Waals surface area contributed by atoms with Gasteiger partial charge in [0.2, 0.25) is 5.60 Å². The second kappa shape index (κ2) is 10.2. The number of hydrogen-bond acceptors (Lipinski definition) is 6. The summed E-state index contributed by atoms with van der Waals surface area (Å²) < 4.78 is 11.0. The largest absolute Gasteiger partial charge is 0.462 e. The van der Waals surface area contributed by atoms with Gasteiger partial charge in [0.25, 0.3) is 5.91 Å². The molecule has 3 aromatic rings. The Labute approximate surface area is 198 Å². The molecule has 34 heavy (non-hydrogen) atoms. The number of quaternary nitrogens is 1. The molecule has 1 aliphatic heterocycles. The first-order chi connectivity index (χ1) is 16.4. The lowest BCUT2D eigenvalue weighted by molar-refractivity contribution is -0.910. The molecule has 0 spiro atoms. The van der Waals surface area contributed by atoms with Crippen molar-refractivity contribution in [3.05, 3.63) is 84.1 Å². The summed E-state index contributed by atoms with van der Waals surface area (Å²) >= 11 is 0. The number of hydrogen-bond donors (Lipinski definition) is 2. The maximum atomic E-state index is 13.3. The zero-order valence-corrected chi connectivity index (χ0v) is 19.2. The number of rotatable bonds is 8. The third-order valence-electron chi connectivity index (χ3n) is 6.37. The Morgan fingerprint density at radius 3 is 2.35 bits per heavy atom. The molecule has 1 aliphatic rings. The predicted octanol–water partition coefficient (Wildman–Crippen LogP) is 2.95. The number of aromatic nitrogens is 1. The van der Waals surface area contributed by atoms with Crippen LogP contribution in [0.15, 0.2) is 77.5 Å². The van der Waals surface area contributed by atoms with Crippen molar-refractivity contribution in [2.45, 2.75) is 18.4 Å². The summed E-state index contributed by atoms with van der Waals surface area (Å²) in [5.74, 6) is -0.372. The summed E-state index contributed by atoms with van der Waals surface area (Å²) in [6, 6.07) is 19.3. The van der Waals surface area contributed by atoms with Gasteiger partial charge in [0.05, 0.1) is 26.7 Å². The molecule has 1 saturated heterocycles. The molecule has 0 radical (unpaired) electrons. The number of benzene rings is 2. The van der Waals surface area contributed by atoms with Gasteiger partial charge in [0.1, 0.15) is 6.26 Å². The highest BCUT2D eigenvalue weighted by Crippen LogP contribution is 2.32. The van der Waals surface area contributed by atoms with E-state index in [2.05, 4.69) is 10.5 Å². The van der Waals surface area contributed by atoms with Crippen LogP contribution in [0.25, 0.3) is 0 Å². The van der Waals surface area contributed by atoms with Crippen LogP contribution in [0, 0.1) is 5.92 Å². The van der Waals surface area contributed by atoms with E-state index in [4.69, 9.17) is 9.26 Å². The number of anilines is 1. The van der Waals surface area contributed by atoms with Crippen LogP contribution in [0.3, 0.4) is 0 Å². The lowest BCUT2D eigenvalue weighted by Crippen LogP contribution is -2.55. The van der Waals surface area contributed by atoms with Crippen LogP contribution in [-0.4, -0.2) is 59.9 Å².